The Kier molecular flexibility index (Phi) is 9.77. The number of aliphatic imine (C=N–C) groups is 1. The fraction of sp³-hybridized carbons (Fsp3) is 0.300. The lowest BCUT2D eigenvalue weighted by Gasteiger charge is -2.22. The Hall–Kier alpha value is -2.16. The van der Waals surface area contributed by atoms with Crippen LogP contribution in [-0.2, 0) is 17.9 Å². The molecule has 0 unspecified atom stereocenters. The number of guanidine groups is 1. The second-order valence-electron chi connectivity index (χ2n) is 6.03. The Labute approximate surface area is 177 Å². The molecule has 0 bridgehead atoms. The van der Waals surface area contributed by atoms with Crippen molar-refractivity contribution in [2.75, 3.05) is 18.9 Å². The van der Waals surface area contributed by atoms with Crippen LogP contribution in [0.4, 0.5) is 10.1 Å². The van der Waals surface area contributed by atoms with Crippen molar-refractivity contribution in [2.45, 2.75) is 26.9 Å². The summed E-state index contributed by atoms with van der Waals surface area (Å²) in [7, 11) is 1.94. The molecule has 0 aromatic heterocycles. The van der Waals surface area contributed by atoms with Crippen molar-refractivity contribution in [2.24, 2.45) is 4.99 Å². The van der Waals surface area contributed by atoms with Crippen LogP contribution in [0.3, 0.4) is 0 Å². The maximum atomic E-state index is 13.0. The van der Waals surface area contributed by atoms with Gasteiger partial charge < -0.3 is 15.5 Å². The third-order valence-electron chi connectivity index (χ3n) is 3.69. The van der Waals surface area contributed by atoms with E-state index in [9.17, 15) is 9.18 Å². The Balaban J connectivity index is 0.00000364. The van der Waals surface area contributed by atoms with E-state index in [0.717, 1.165) is 29.3 Å². The van der Waals surface area contributed by atoms with Crippen LogP contribution in [0.5, 0.6) is 0 Å². The van der Waals surface area contributed by atoms with Crippen molar-refractivity contribution in [3.05, 3.63) is 65.5 Å². The van der Waals surface area contributed by atoms with Gasteiger partial charge in [0, 0.05) is 32.7 Å². The molecule has 0 spiro atoms. The summed E-state index contributed by atoms with van der Waals surface area (Å²) in [6.07, 6.45) is 0. The predicted molar refractivity (Wildman–Crippen MR) is 119 cm³/mol. The van der Waals surface area contributed by atoms with Crippen LogP contribution in [0.2, 0.25) is 0 Å². The predicted octanol–water partition coefficient (Wildman–Crippen LogP) is 4.00. The zero-order valence-electron chi connectivity index (χ0n) is 15.8. The molecule has 1 amide bonds. The minimum absolute atomic E-state index is 0. The summed E-state index contributed by atoms with van der Waals surface area (Å²) in [5, 5.41) is 6.04. The van der Waals surface area contributed by atoms with Crippen LogP contribution in [0, 0.1) is 5.82 Å². The Morgan fingerprint density at radius 2 is 1.85 bits per heavy atom. The maximum absolute atomic E-state index is 13.0. The van der Waals surface area contributed by atoms with Crippen LogP contribution in [-0.4, -0.2) is 30.4 Å². The Bertz CT molecular complexity index is 765. The standard InChI is InChI=1S/C20H25FN4O.HI/c1-4-22-20(25(3)14-16-8-10-18(21)11-9-16)23-13-17-6-5-7-19(12-17)24-15(2)26;/h5-12H,4,13-14H2,1-3H3,(H,22,23)(H,24,26);1H. The number of carbonyl (C=O) groups excluding carboxylic acids is 1. The minimum atomic E-state index is -0.240. The quantitative estimate of drug-likeness (QED) is 0.371. The number of anilines is 1. The average Bonchev–Trinajstić information content (AvgIpc) is 2.60. The lowest BCUT2D eigenvalue weighted by atomic mass is 10.2. The van der Waals surface area contributed by atoms with E-state index < -0.39 is 0 Å². The first-order valence-corrected chi connectivity index (χ1v) is 8.58. The highest BCUT2D eigenvalue weighted by Gasteiger charge is 2.07. The summed E-state index contributed by atoms with van der Waals surface area (Å²) in [4.78, 5) is 17.8. The Morgan fingerprint density at radius 3 is 2.48 bits per heavy atom. The molecule has 0 aliphatic heterocycles. The van der Waals surface area contributed by atoms with Crippen molar-refractivity contribution in [3.8, 4) is 0 Å². The van der Waals surface area contributed by atoms with Crippen molar-refractivity contribution >= 4 is 41.5 Å². The average molecular weight is 484 g/mol. The molecule has 2 aromatic carbocycles. The normalized spacial score (nSPS) is 10.7. The molecule has 0 radical (unpaired) electrons. The topological polar surface area (TPSA) is 56.7 Å². The monoisotopic (exact) mass is 484 g/mol. The van der Waals surface area contributed by atoms with Gasteiger partial charge in [-0.2, -0.15) is 0 Å². The van der Waals surface area contributed by atoms with Crippen molar-refractivity contribution in [1.82, 2.24) is 10.2 Å². The number of benzene rings is 2. The summed E-state index contributed by atoms with van der Waals surface area (Å²) in [5.74, 6) is 0.427. The van der Waals surface area contributed by atoms with Crippen LogP contribution in [0.1, 0.15) is 25.0 Å². The second kappa shape index (κ2) is 11.5. The van der Waals surface area contributed by atoms with Gasteiger partial charge in [0.15, 0.2) is 5.96 Å². The third-order valence-corrected chi connectivity index (χ3v) is 3.69. The molecule has 146 valence electrons. The van der Waals surface area contributed by atoms with Gasteiger partial charge in [-0.1, -0.05) is 24.3 Å². The number of amides is 1. The number of hydrogen-bond acceptors (Lipinski definition) is 2. The fourth-order valence-electron chi connectivity index (χ4n) is 2.53. The number of halogens is 2. The van der Waals surface area contributed by atoms with Crippen molar-refractivity contribution in [1.29, 1.82) is 0 Å². The van der Waals surface area contributed by atoms with Crippen LogP contribution in [0.15, 0.2) is 53.5 Å². The highest BCUT2D eigenvalue weighted by atomic mass is 127. The van der Waals surface area contributed by atoms with Crippen LogP contribution >= 0.6 is 24.0 Å². The molecule has 0 saturated heterocycles. The third kappa shape index (κ3) is 7.94. The molecule has 0 heterocycles. The first-order valence-electron chi connectivity index (χ1n) is 8.58. The van der Waals surface area contributed by atoms with Gasteiger partial charge in [0.1, 0.15) is 5.82 Å². The molecule has 7 heteroatoms. The zero-order valence-corrected chi connectivity index (χ0v) is 18.2. The van der Waals surface area contributed by atoms with Crippen LogP contribution < -0.4 is 10.6 Å². The summed E-state index contributed by atoms with van der Waals surface area (Å²) in [5.41, 5.74) is 2.77. The largest absolute Gasteiger partial charge is 0.357 e. The number of nitrogens with one attached hydrogen (secondary N) is 2. The molecule has 0 aliphatic carbocycles. The van der Waals surface area contributed by atoms with Crippen molar-refractivity contribution < 1.29 is 9.18 Å². The molecule has 0 atom stereocenters. The SMILES string of the molecule is CCNC(=NCc1cccc(NC(C)=O)c1)N(C)Cc1ccc(F)cc1.I. The number of rotatable bonds is 6. The molecular formula is C20H26FIN4O. The van der Waals surface area contributed by atoms with Gasteiger partial charge in [-0.25, -0.2) is 9.38 Å². The van der Waals surface area contributed by atoms with E-state index >= 15 is 0 Å². The second-order valence-corrected chi connectivity index (χ2v) is 6.03. The first kappa shape index (κ1) is 22.9. The molecule has 0 aliphatic rings. The molecule has 0 saturated carbocycles. The fourth-order valence-corrected chi connectivity index (χ4v) is 2.53. The van der Waals surface area contributed by atoms with E-state index in [1.54, 1.807) is 12.1 Å². The lowest BCUT2D eigenvalue weighted by Crippen LogP contribution is -2.38. The minimum Gasteiger partial charge on any atom is -0.357 e. The van der Waals surface area contributed by atoms with Gasteiger partial charge in [0.05, 0.1) is 6.54 Å². The zero-order chi connectivity index (χ0) is 18.9. The smallest absolute Gasteiger partial charge is 0.221 e. The van der Waals surface area contributed by atoms with Gasteiger partial charge in [-0.05, 0) is 42.3 Å². The maximum Gasteiger partial charge on any atom is 0.221 e. The van der Waals surface area contributed by atoms with Gasteiger partial charge >= 0.3 is 0 Å². The highest BCUT2D eigenvalue weighted by Crippen LogP contribution is 2.12. The van der Waals surface area contributed by atoms with E-state index in [1.165, 1.54) is 19.1 Å². The summed E-state index contributed by atoms with van der Waals surface area (Å²) in [6.45, 7) is 5.36. The van der Waals surface area contributed by atoms with Crippen molar-refractivity contribution in [3.63, 3.8) is 0 Å². The molecule has 5 nitrogen and oxygen atoms in total. The van der Waals surface area contributed by atoms with Gasteiger partial charge in [-0.15, -0.1) is 24.0 Å². The van der Waals surface area contributed by atoms with Gasteiger partial charge in [0.2, 0.25) is 5.91 Å². The van der Waals surface area contributed by atoms with Gasteiger partial charge in [-0.3, -0.25) is 4.79 Å². The molecule has 27 heavy (non-hydrogen) atoms. The molecular weight excluding hydrogens is 458 g/mol. The molecule has 2 N–H and O–H groups in total. The Morgan fingerprint density at radius 1 is 1.15 bits per heavy atom. The van der Waals surface area contributed by atoms with E-state index in [1.807, 2.05) is 43.1 Å². The number of carbonyl (C=O) groups is 1. The van der Waals surface area contributed by atoms with E-state index in [-0.39, 0.29) is 35.7 Å². The van der Waals surface area contributed by atoms with E-state index in [0.29, 0.717) is 13.1 Å². The highest BCUT2D eigenvalue weighted by molar-refractivity contribution is 14.0. The lowest BCUT2D eigenvalue weighted by molar-refractivity contribution is -0.114. The van der Waals surface area contributed by atoms with E-state index in [2.05, 4.69) is 15.6 Å². The number of nitrogens with zero attached hydrogens (tertiary/aromatic N) is 2. The van der Waals surface area contributed by atoms with Gasteiger partial charge in [0.25, 0.3) is 0 Å². The molecule has 0 fully saturated rings. The first-order chi connectivity index (χ1) is 12.5. The van der Waals surface area contributed by atoms with Crippen LogP contribution in [0.25, 0.3) is 0 Å². The molecule has 2 rings (SSSR count). The summed E-state index contributed by atoms with van der Waals surface area (Å²) in [6, 6.07) is 14.1. The number of hydrogen-bond donors (Lipinski definition) is 2. The summed E-state index contributed by atoms with van der Waals surface area (Å²) >= 11 is 0. The molecule has 2 aromatic rings. The van der Waals surface area contributed by atoms with E-state index in [4.69, 9.17) is 0 Å². The summed E-state index contributed by atoms with van der Waals surface area (Å²) < 4.78 is 13.0.